The van der Waals surface area contributed by atoms with Crippen LogP contribution in [-0.2, 0) is 4.74 Å². The van der Waals surface area contributed by atoms with Crippen LogP contribution in [0.4, 0.5) is 11.4 Å². The van der Waals surface area contributed by atoms with Crippen molar-refractivity contribution in [2.75, 3.05) is 24.2 Å². The summed E-state index contributed by atoms with van der Waals surface area (Å²) in [6, 6.07) is 5.21. The highest BCUT2D eigenvalue weighted by Crippen LogP contribution is 2.24. The summed E-state index contributed by atoms with van der Waals surface area (Å²) >= 11 is 0. The zero-order chi connectivity index (χ0) is 14.5. The minimum absolute atomic E-state index is 0.215. The summed E-state index contributed by atoms with van der Waals surface area (Å²) in [6.07, 6.45) is 1.08. The molecule has 0 bridgehead atoms. The van der Waals surface area contributed by atoms with Gasteiger partial charge >= 0.3 is 5.97 Å². The van der Waals surface area contributed by atoms with Crippen molar-refractivity contribution in [1.82, 2.24) is 0 Å². The second-order valence-electron chi connectivity index (χ2n) is 5.39. The molecule has 4 nitrogen and oxygen atoms in total. The van der Waals surface area contributed by atoms with E-state index in [4.69, 9.17) is 10.5 Å². The Kier molecular flexibility index (Phi) is 5.21. The van der Waals surface area contributed by atoms with Crippen LogP contribution in [0.15, 0.2) is 18.2 Å². The van der Waals surface area contributed by atoms with Gasteiger partial charge in [0.25, 0.3) is 0 Å². The Morgan fingerprint density at radius 3 is 2.58 bits per heavy atom. The number of ether oxygens (including phenoxy) is 1. The minimum Gasteiger partial charge on any atom is -0.462 e. The zero-order valence-electron chi connectivity index (χ0n) is 12.2. The summed E-state index contributed by atoms with van der Waals surface area (Å²) in [4.78, 5) is 11.6. The van der Waals surface area contributed by atoms with E-state index in [1.165, 1.54) is 0 Å². The maximum absolute atomic E-state index is 11.6. The number of anilines is 2. The maximum Gasteiger partial charge on any atom is 0.338 e. The SMILES string of the molecule is CCOC(=O)c1ccc(NCC(C)(C)CC)c(N)c1. The Labute approximate surface area is 115 Å². The van der Waals surface area contributed by atoms with Gasteiger partial charge in [-0.3, -0.25) is 0 Å². The fourth-order valence-corrected chi connectivity index (χ4v) is 1.52. The van der Waals surface area contributed by atoms with Gasteiger partial charge in [-0.05, 0) is 37.0 Å². The van der Waals surface area contributed by atoms with Gasteiger partial charge in [-0.1, -0.05) is 20.8 Å². The van der Waals surface area contributed by atoms with Crippen LogP contribution in [0.5, 0.6) is 0 Å². The number of nitrogens with one attached hydrogen (secondary N) is 1. The molecule has 0 saturated heterocycles. The molecule has 19 heavy (non-hydrogen) atoms. The van der Waals surface area contributed by atoms with E-state index in [9.17, 15) is 4.79 Å². The third-order valence-electron chi connectivity index (χ3n) is 3.28. The van der Waals surface area contributed by atoms with E-state index >= 15 is 0 Å². The van der Waals surface area contributed by atoms with Crippen LogP contribution in [0.3, 0.4) is 0 Å². The molecule has 106 valence electrons. The Hall–Kier alpha value is -1.71. The highest BCUT2D eigenvalue weighted by atomic mass is 16.5. The Morgan fingerprint density at radius 1 is 1.37 bits per heavy atom. The first-order valence-corrected chi connectivity index (χ1v) is 6.70. The van der Waals surface area contributed by atoms with Crippen molar-refractivity contribution in [1.29, 1.82) is 0 Å². The first kappa shape index (κ1) is 15.3. The molecular weight excluding hydrogens is 240 g/mol. The molecule has 0 atom stereocenters. The summed E-state index contributed by atoms with van der Waals surface area (Å²) in [5, 5.41) is 3.33. The standard InChI is InChI=1S/C15H24N2O2/c1-5-15(3,4)10-17-13-8-7-11(9-12(13)16)14(18)19-6-2/h7-9,17H,5-6,10,16H2,1-4H3. The molecule has 0 spiro atoms. The fourth-order valence-electron chi connectivity index (χ4n) is 1.52. The first-order valence-electron chi connectivity index (χ1n) is 6.70. The van der Waals surface area contributed by atoms with E-state index in [0.29, 0.717) is 17.9 Å². The zero-order valence-corrected chi connectivity index (χ0v) is 12.2. The van der Waals surface area contributed by atoms with Crippen molar-refractivity contribution in [3.8, 4) is 0 Å². The quantitative estimate of drug-likeness (QED) is 0.611. The normalized spacial score (nSPS) is 11.2. The highest BCUT2D eigenvalue weighted by Gasteiger charge is 2.15. The fraction of sp³-hybridized carbons (Fsp3) is 0.533. The lowest BCUT2D eigenvalue weighted by molar-refractivity contribution is 0.0526. The number of esters is 1. The molecule has 0 amide bonds. The number of nitrogens with two attached hydrogens (primary N) is 1. The molecule has 1 aromatic carbocycles. The van der Waals surface area contributed by atoms with Gasteiger partial charge in [0.05, 0.1) is 23.5 Å². The van der Waals surface area contributed by atoms with Crippen molar-refractivity contribution in [3.05, 3.63) is 23.8 Å². The van der Waals surface area contributed by atoms with Crippen LogP contribution < -0.4 is 11.1 Å². The summed E-state index contributed by atoms with van der Waals surface area (Å²) in [5.41, 5.74) is 8.08. The van der Waals surface area contributed by atoms with E-state index in [2.05, 4.69) is 26.1 Å². The molecule has 3 N–H and O–H groups in total. The Morgan fingerprint density at radius 2 is 2.05 bits per heavy atom. The predicted molar refractivity (Wildman–Crippen MR) is 79.4 cm³/mol. The molecule has 1 rings (SSSR count). The molecule has 0 aliphatic carbocycles. The molecule has 4 heteroatoms. The van der Waals surface area contributed by atoms with Crippen LogP contribution in [0.2, 0.25) is 0 Å². The molecular formula is C15H24N2O2. The van der Waals surface area contributed by atoms with E-state index in [1.807, 2.05) is 6.07 Å². The van der Waals surface area contributed by atoms with Gasteiger partial charge in [-0.25, -0.2) is 4.79 Å². The van der Waals surface area contributed by atoms with E-state index in [-0.39, 0.29) is 11.4 Å². The summed E-state index contributed by atoms with van der Waals surface area (Å²) in [6.45, 7) is 9.54. The van der Waals surface area contributed by atoms with Gasteiger partial charge in [-0.2, -0.15) is 0 Å². The second kappa shape index (κ2) is 6.45. The number of carbonyl (C=O) groups is 1. The molecule has 0 radical (unpaired) electrons. The van der Waals surface area contributed by atoms with Gasteiger partial charge in [0, 0.05) is 6.54 Å². The van der Waals surface area contributed by atoms with Gasteiger partial charge in [0.2, 0.25) is 0 Å². The van der Waals surface area contributed by atoms with Crippen LogP contribution in [0.25, 0.3) is 0 Å². The van der Waals surface area contributed by atoms with Crippen LogP contribution in [0, 0.1) is 5.41 Å². The molecule has 0 fully saturated rings. The summed E-state index contributed by atoms with van der Waals surface area (Å²) < 4.78 is 4.94. The van der Waals surface area contributed by atoms with E-state index in [1.54, 1.807) is 19.1 Å². The topological polar surface area (TPSA) is 64.3 Å². The van der Waals surface area contributed by atoms with Crippen LogP contribution in [-0.4, -0.2) is 19.1 Å². The van der Waals surface area contributed by atoms with Crippen LogP contribution in [0.1, 0.15) is 44.5 Å². The second-order valence-corrected chi connectivity index (χ2v) is 5.39. The van der Waals surface area contributed by atoms with Crippen molar-refractivity contribution < 1.29 is 9.53 Å². The third-order valence-corrected chi connectivity index (χ3v) is 3.28. The molecule has 0 aromatic heterocycles. The average Bonchev–Trinajstić information content (AvgIpc) is 2.37. The lowest BCUT2D eigenvalue weighted by Crippen LogP contribution is -2.22. The number of nitrogen functional groups attached to an aromatic ring is 1. The molecule has 0 aliphatic rings. The van der Waals surface area contributed by atoms with Crippen LogP contribution >= 0.6 is 0 Å². The molecule has 0 heterocycles. The Bertz CT molecular complexity index is 442. The molecule has 0 saturated carbocycles. The number of carbonyl (C=O) groups excluding carboxylic acids is 1. The third kappa shape index (κ3) is 4.47. The van der Waals surface area contributed by atoms with Crippen molar-refractivity contribution >= 4 is 17.3 Å². The number of hydrogen-bond donors (Lipinski definition) is 2. The van der Waals surface area contributed by atoms with E-state index in [0.717, 1.165) is 18.7 Å². The van der Waals surface area contributed by atoms with Crippen molar-refractivity contribution in [3.63, 3.8) is 0 Å². The van der Waals surface area contributed by atoms with Gasteiger partial charge in [0.1, 0.15) is 0 Å². The lowest BCUT2D eigenvalue weighted by atomic mass is 9.90. The average molecular weight is 264 g/mol. The number of hydrogen-bond acceptors (Lipinski definition) is 4. The van der Waals surface area contributed by atoms with Crippen molar-refractivity contribution in [2.24, 2.45) is 5.41 Å². The van der Waals surface area contributed by atoms with E-state index < -0.39 is 0 Å². The van der Waals surface area contributed by atoms with Gasteiger partial charge in [0.15, 0.2) is 0 Å². The number of benzene rings is 1. The largest absolute Gasteiger partial charge is 0.462 e. The predicted octanol–water partition coefficient (Wildman–Crippen LogP) is 3.29. The lowest BCUT2D eigenvalue weighted by Gasteiger charge is -2.24. The molecule has 1 aromatic rings. The van der Waals surface area contributed by atoms with Gasteiger partial charge < -0.3 is 15.8 Å². The highest BCUT2D eigenvalue weighted by molar-refractivity contribution is 5.91. The summed E-state index contributed by atoms with van der Waals surface area (Å²) in [7, 11) is 0. The maximum atomic E-state index is 11.6. The minimum atomic E-state index is -0.338. The number of rotatable bonds is 6. The monoisotopic (exact) mass is 264 g/mol. The Balaban J connectivity index is 2.75. The van der Waals surface area contributed by atoms with Crippen molar-refractivity contribution in [2.45, 2.75) is 34.1 Å². The molecule has 0 aliphatic heterocycles. The summed E-state index contributed by atoms with van der Waals surface area (Å²) in [5.74, 6) is -0.338. The van der Waals surface area contributed by atoms with Gasteiger partial charge in [-0.15, -0.1) is 0 Å². The molecule has 0 unspecified atom stereocenters. The first-order chi connectivity index (χ1) is 8.89. The smallest absolute Gasteiger partial charge is 0.338 e.